The molecular weight excluding hydrogens is 332 g/mol. The largest absolute Gasteiger partial charge is 0.496 e. The maximum Gasteiger partial charge on any atom is 0.255 e. The van der Waals surface area contributed by atoms with E-state index in [1.54, 1.807) is 7.11 Å². The molecule has 2 heterocycles. The van der Waals surface area contributed by atoms with Crippen molar-refractivity contribution in [3.8, 4) is 5.75 Å². The van der Waals surface area contributed by atoms with E-state index in [2.05, 4.69) is 27.7 Å². The first kappa shape index (κ1) is 18.0. The van der Waals surface area contributed by atoms with Crippen LogP contribution in [-0.4, -0.2) is 37.6 Å². The van der Waals surface area contributed by atoms with Crippen LogP contribution in [0.15, 0.2) is 35.7 Å². The average molecular weight is 359 g/mol. The summed E-state index contributed by atoms with van der Waals surface area (Å²) in [5.41, 5.74) is 1.68. The Morgan fingerprint density at radius 1 is 1.40 bits per heavy atom. The lowest BCUT2D eigenvalue weighted by Gasteiger charge is -2.32. The van der Waals surface area contributed by atoms with Gasteiger partial charge in [-0.3, -0.25) is 9.69 Å². The second-order valence-electron chi connectivity index (χ2n) is 6.74. The second-order valence-corrected chi connectivity index (χ2v) is 7.77. The number of nitrogens with one attached hydrogen (secondary N) is 1. The van der Waals surface area contributed by atoms with E-state index in [-0.39, 0.29) is 5.91 Å². The van der Waals surface area contributed by atoms with Crippen molar-refractivity contribution in [2.45, 2.75) is 26.3 Å². The number of carbonyl (C=O) groups is 1. The van der Waals surface area contributed by atoms with Crippen LogP contribution >= 0.6 is 11.3 Å². The molecule has 134 valence electrons. The molecule has 0 radical (unpaired) electrons. The highest BCUT2D eigenvalue weighted by molar-refractivity contribution is 7.09. The van der Waals surface area contributed by atoms with Crippen LogP contribution in [0.25, 0.3) is 0 Å². The number of likely N-dealkylation sites (tertiary alicyclic amines) is 1. The molecule has 1 saturated heterocycles. The predicted molar refractivity (Wildman–Crippen MR) is 102 cm³/mol. The molecule has 5 heteroatoms. The molecular formula is C20H26N2O2S. The number of ether oxygens (including phenoxy) is 1. The summed E-state index contributed by atoms with van der Waals surface area (Å²) in [6.45, 7) is 5.92. The SMILES string of the molecule is COc1ccc(C)cc1C(=O)NCC1CCCN(Cc2cccs2)C1. The summed E-state index contributed by atoms with van der Waals surface area (Å²) >= 11 is 1.81. The van der Waals surface area contributed by atoms with E-state index in [0.29, 0.717) is 17.2 Å². The van der Waals surface area contributed by atoms with E-state index < -0.39 is 0 Å². The minimum absolute atomic E-state index is 0.0454. The van der Waals surface area contributed by atoms with Crippen LogP contribution in [0, 0.1) is 12.8 Å². The van der Waals surface area contributed by atoms with Gasteiger partial charge in [0.1, 0.15) is 5.75 Å². The van der Waals surface area contributed by atoms with Gasteiger partial charge in [0.2, 0.25) is 0 Å². The number of hydrogen-bond donors (Lipinski definition) is 1. The summed E-state index contributed by atoms with van der Waals surface area (Å²) < 4.78 is 5.32. The summed E-state index contributed by atoms with van der Waals surface area (Å²) in [7, 11) is 1.60. The number of piperidine rings is 1. The first-order chi connectivity index (χ1) is 12.2. The van der Waals surface area contributed by atoms with Gasteiger partial charge < -0.3 is 10.1 Å². The van der Waals surface area contributed by atoms with Crippen molar-refractivity contribution < 1.29 is 9.53 Å². The maximum absolute atomic E-state index is 12.6. The van der Waals surface area contributed by atoms with Crippen molar-refractivity contribution in [2.24, 2.45) is 5.92 Å². The summed E-state index contributed by atoms with van der Waals surface area (Å²) in [6, 6.07) is 10.0. The van der Waals surface area contributed by atoms with Gasteiger partial charge in [-0.15, -0.1) is 11.3 Å². The van der Waals surface area contributed by atoms with Crippen LogP contribution in [0.1, 0.15) is 33.6 Å². The van der Waals surface area contributed by atoms with E-state index in [1.165, 1.54) is 17.7 Å². The quantitative estimate of drug-likeness (QED) is 0.856. The third-order valence-corrected chi connectivity index (χ3v) is 5.57. The third kappa shape index (κ3) is 4.83. The summed E-state index contributed by atoms with van der Waals surface area (Å²) in [5, 5.41) is 5.24. The van der Waals surface area contributed by atoms with Crippen molar-refractivity contribution in [3.63, 3.8) is 0 Å². The molecule has 3 rings (SSSR count). The highest BCUT2D eigenvalue weighted by Crippen LogP contribution is 2.22. The molecule has 1 unspecified atom stereocenters. The van der Waals surface area contributed by atoms with E-state index in [1.807, 2.05) is 36.5 Å². The molecule has 1 aromatic heterocycles. The Balaban J connectivity index is 1.54. The smallest absolute Gasteiger partial charge is 0.255 e. The second kappa shape index (κ2) is 8.50. The molecule has 0 bridgehead atoms. The first-order valence-corrected chi connectivity index (χ1v) is 9.71. The Morgan fingerprint density at radius 3 is 3.04 bits per heavy atom. The van der Waals surface area contributed by atoms with Crippen LogP contribution in [-0.2, 0) is 6.54 Å². The number of carbonyl (C=O) groups excluding carboxylic acids is 1. The monoisotopic (exact) mass is 358 g/mol. The molecule has 0 saturated carbocycles. The minimum atomic E-state index is -0.0454. The van der Waals surface area contributed by atoms with E-state index in [0.717, 1.165) is 31.7 Å². The van der Waals surface area contributed by atoms with Crippen molar-refractivity contribution in [1.82, 2.24) is 10.2 Å². The highest BCUT2D eigenvalue weighted by atomic mass is 32.1. The zero-order chi connectivity index (χ0) is 17.6. The molecule has 1 aromatic carbocycles. The molecule has 0 spiro atoms. The van der Waals surface area contributed by atoms with Crippen molar-refractivity contribution in [2.75, 3.05) is 26.7 Å². The molecule has 1 atom stereocenters. The molecule has 4 nitrogen and oxygen atoms in total. The van der Waals surface area contributed by atoms with Crippen LogP contribution in [0.4, 0.5) is 0 Å². The van der Waals surface area contributed by atoms with Crippen molar-refractivity contribution in [1.29, 1.82) is 0 Å². The molecule has 0 aliphatic carbocycles. The minimum Gasteiger partial charge on any atom is -0.496 e. The number of aryl methyl sites for hydroxylation is 1. The van der Waals surface area contributed by atoms with Gasteiger partial charge >= 0.3 is 0 Å². The Hall–Kier alpha value is -1.85. The Bertz CT molecular complexity index is 700. The van der Waals surface area contributed by atoms with E-state index in [9.17, 15) is 4.79 Å². The average Bonchev–Trinajstić information content (AvgIpc) is 3.13. The van der Waals surface area contributed by atoms with E-state index in [4.69, 9.17) is 4.74 Å². The summed E-state index contributed by atoms with van der Waals surface area (Å²) in [4.78, 5) is 16.5. The Labute approximate surface area is 153 Å². The number of thiophene rings is 1. The highest BCUT2D eigenvalue weighted by Gasteiger charge is 2.21. The molecule has 2 aromatic rings. The van der Waals surface area contributed by atoms with Gasteiger partial charge in [0, 0.05) is 24.5 Å². The fourth-order valence-corrected chi connectivity index (χ4v) is 4.16. The topological polar surface area (TPSA) is 41.6 Å². The van der Waals surface area contributed by atoms with Gasteiger partial charge in [0.15, 0.2) is 0 Å². The number of rotatable bonds is 6. The lowest BCUT2D eigenvalue weighted by Crippen LogP contribution is -2.40. The van der Waals surface area contributed by atoms with Gasteiger partial charge in [0.05, 0.1) is 12.7 Å². The number of hydrogen-bond acceptors (Lipinski definition) is 4. The molecule has 25 heavy (non-hydrogen) atoms. The summed E-state index contributed by atoms with van der Waals surface area (Å²) in [6.07, 6.45) is 2.37. The normalized spacial score (nSPS) is 18.1. The van der Waals surface area contributed by atoms with Crippen LogP contribution in [0.5, 0.6) is 5.75 Å². The van der Waals surface area contributed by atoms with Gasteiger partial charge in [-0.2, -0.15) is 0 Å². The first-order valence-electron chi connectivity index (χ1n) is 8.83. The van der Waals surface area contributed by atoms with Crippen LogP contribution in [0.3, 0.4) is 0 Å². The maximum atomic E-state index is 12.6. The lowest BCUT2D eigenvalue weighted by atomic mass is 9.97. The van der Waals surface area contributed by atoms with Crippen LogP contribution < -0.4 is 10.1 Å². The molecule has 1 N–H and O–H groups in total. The molecule has 1 amide bonds. The standard InChI is InChI=1S/C20H26N2O2S/c1-15-7-8-19(24-2)18(11-15)20(23)21-12-16-5-3-9-22(13-16)14-17-6-4-10-25-17/h4,6-8,10-11,16H,3,5,9,12-14H2,1-2H3,(H,21,23). The Kier molecular flexibility index (Phi) is 6.10. The van der Waals surface area contributed by atoms with Gasteiger partial charge in [-0.25, -0.2) is 0 Å². The number of amides is 1. The van der Waals surface area contributed by atoms with Crippen molar-refractivity contribution >= 4 is 17.2 Å². The summed E-state index contributed by atoms with van der Waals surface area (Å²) in [5.74, 6) is 1.09. The van der Waals surface area contributed by atoms with Gasteiger partial charge in [-0.05, 0) is 55.8 Å². The molecule has 1 fully saturated rings. The van der Waals surface area contributed by atoms with Gasteiger partial charge in [-0.1, -0.05) is 17.7 Å². The number of benzene rings is 1. The fourth-order valence-electron chi connectivity index (χ4n) is 3.42. The third-order valence-electron chi connectivity index (χ3n) is 4.71. The number of nitrogens with zero attached hydrogens (tertiary/aromatic N) is 1. The molecule has 1 aliphatic rings. The lowest BCUT2D eigenvalue weighted by molar-refractivity contribution is 0.0928. The molecule has 1 aliphatic heterocycles. The fraction of sp³-hybridized carbons (Fsp3) is 0.450. The van der Waals surface area contributed by atoms with Gasteiger partial charge in [0.25, 0.3) is 5.91 Å². The Morgan fingerprint density at radius 2 is 2.28 bits per heavy atom. The predicted octanol–water partition coefficient (Wildman–Crippen LogP) is 3.71. The number of methoxy groups -OCH3 is 1. The van der Waals surface area contributed by atoms with Crippen LogP contribution in [0.2, 0.25) is 0 Å². The zero-order valence-electron chi connectivity index (χ0n) is 15.0. The van der Waals surface area contributed by atoms with E-state index >= 15 is 0 Å². The van der Waals surface area contributed by atoms with Crippen molar-refractivity contribution in [3.05, 3.63) is 51.7 Å². The zero-order valence-corrected chi connectivity index (χ0v) is 15.8.